The van der Waals surface area contributed by atoms with Gasteiger partial charge < -0.3 is 0 Å². The Morgan fingerprint density at radius 2 is 1.23 bits per heavy atom. The molecule has 0 aromatic heterocycles. The molecular weight excluding hydrogens is 360 g/mol. The monoisotopic (exact) mass is 410 g/mol. The fourth-order valence-electron chi connectivity index (χ4n) is 3.36. The van der Waals surface area contributed by atoms with E-state index in [0.29, 0.717) is 11.8 Å². The van der Waals surface area contributed by atoms with E-state index in [9.17, 15) is 0 Å². The summed E-state index contributed by atoms with van der Waals surface area (Å²) < 4.78 is 0. The van der Waals surface area contributed by atoms with E-state index >= 15 is 0 Å². The zero-order valence-corrected chi connectivity index (χ0v) is 21.5. The summed E-state index contributed by atoms with van der Waals surface area (Å²) in [5.41, 5.74) is 7.48. The van der Waals surface area contributed by atoms with Gasteiger partial charge in [-0.1, -0.05) is 78.2 Å². The molecule has 0 heteroatoms. The molecule has 0 amide bonds. The Morgan fingerprint density at radius 1 is 0.700 bits per heavy atom. The van der Waals surface area contributed by atoms with Crippen molar-refractivity contribution in [2.45, 2.75) is 107 Å². The Morgan fingerprint density at radius 3 is 1.80 bits per heavy atom. The van der Waals surface area contributed by atoms with Gasteiger partial charge in [0.25, 0.3) is 0 Å². The average Bonchev–Trinajstić information content (AvgIpc) is 2.66. The summed E-state index contributed by atoms with van der Waals surface area (Å²) in [6, 6.07) is 0. The van der Waals surface area contributed by atoms with Crippen LogP contribution in [0, 0.1) is 11.8 Å². The Balaban J connectivity index is 4.79. The van der Waals surface area contributed by atoms with Crippen LogP contribution in [0.4, 0.5) is 0 Å². The minimum Gasteiger partial charge on any atom is -0.103 e. The van der Waals surface area contributed by atoms with Crippen molar-refractivity contribution in [2.75, 3.05) is 0 Å². The van der Waals surface area contributed by atoms with E-state index < -0.39 is 0 Å². The van der Waals surface area contributed by atoms with Crippen LogP contribution in [-0.2, 0) is 0 Å². The molecule has 0 aliphatic heterocycles. The van der Waals surface area contributed by atoms with Gasteiger partial charge >= 0.3 is 0 Å². The van der Waals surface area contributed by atoms with Crippen molar-refractivity contribution in [1.29, 1.82) is 0 Å². The lowest BCUT2D eigenvalue weighted by atomic mass is 9.90. The highest BCUT2D eigenvalue weighted by Crippen LogP contribution is 2.24. The molecule has 0 saturated carbocycles. The summed E-state index contributed by atoms with van der Waals surface area (Å²) in [7, 11) is 0. The van der Waals surface area contributed by atoms with Crippen molar-refractivity contribution in [3.8, 4) is 0 Å². The first-order chi connectivity index (χ1) is 14.1. The third-order valence-corrected chi connectivity index (χ3v) is 5.75. The Hall–Kier alpha value is -1.56. The van der Waals surface area contributed by atoms with Crippen LogP contribution < -0.4 is 0 Å². The van der Waals surface area contributed by atoms with Crippen molar-refractivity contribution in [1.82, 2.24) is 0 Å². The lowest BCUT2D eigenvalue weighted by Gasteiger charge is -2.16. The van der Waals surface area contributed by atoms with Gasteiger partial charge in [0.05, 0.1) is 0 Å². The van der Waals surface area contributed by atoms with Gasteiger partial charge in [-0.3, -0.25) is 0 Å². The van der Waals surface area contributed by atoms with Crippen LogP contribution in [0.3, 0.4) is 0 Å². The molecule has 2 atom stereocenters. The van der Waals surface area contributed by atoms with Crippen molar-refractivity contribution in [3.05, 3.63) is 70.9 Å². The summed E-state index contributed by atoms with van der Waals surface area (Å²) in [5, 5.41) is 0. The van der Waals surface area contributed by atoms with E-state index in [1.165, 1.54) is 54.4 Å². The highest BCUT2D eigenvalue weighted by molar-refractivity contribution is 5.15. The van der Waals surface area contributed by atoms with Crippen molar-refractivity contribution in [2.24, 2.45) is 11.8 Å². The van der Waals surface area contributed by atoms with Crippen molar-refractivity contribution < 1.29 is 0 Å². The highest BCUT2D eigenvalue weighted by atomic mass is 14.1. The maximum atomic E-state index is 3.94. The largest absolute Gasteiger partial charge is 0.103 e. The van der Waals surface area contributed by atoms with E-state index in [2.05, 4.69) is 98.4 Å². The maximum absolute atomic E-state index is 3.94. The number of rotatable bonds is 15. The van der Waals surface area contributed by atoms with Gasteiger partial charge in [-0.2, -0.15) is 0 Å². The molecule has 0 heterocycles. The van der Waals surface area contributed by atoms with Crippen molar-refractivity contribution in [3.63, 3.8) is 0 Å². The lowest BCUT2D eigenvalue weighted by Crippen LogP contribution is -2.00. The quantitative estimate of drug-likeness (QED) is 0.235. The van der Waals surface area contributed by atoms with Gasteiger partial charge in [0.2, 0.25) is 0 Å². The molecule has 0 aliphatic carbocycles. The fourth-order valence-corrected chi connectivity index (χ4v) is 3.36. The molecule has 30 heavy (non-hydrogen) atoms. The van der Waals surface area contributed by atoms with Crippen molar-refractivity contribution >= 4 is 0 Å². The van der Waals surface area contributed by atoms with Crippen LogP contribution in [0.1, 0.15) is 107 Å². The van der Waals surface area contributed by atoms with E-state index in [-0.39, 0.29) is 0 Å². The smallest absolute Gasteiger partial charge is 0.0134 e. The number of allylic oxidation sites excluding steroid dienone is 11. The zero-order valence-electron chi connectivity index (χ0n) is 21.5. The summed E-state index contributed by atoms with van der Waals surface area (Å²) in [4.78, 5) is 0. The van der Waals surface area contributed by atoms with E-state index in [4.69, 9.17) is 0 Å². The summed E-state index contributed by atoms with van der Waals surface area (Å²) in [5.74, 6) is 1.19. The molecule has 0 N–H and O–H groups in total. The minimum absolute atomic E-state index is 0.550. The third-order valence-electron chi connectivity index (χ3n) is 5.75. The molecule has 0 nitrogen and oxygen atoms in total. The first-order valence-electron chi connectivity index (χ1n) is 12.0. The van der Waals surface area contributed by atoms with Crippen LogP contribution in [-0.4, -0.2) is 0 Å². The number of hydrogen-bond donors (Lipinski definition) is 0. The first-order valence-corrected chi connectivity index (χ1v) is 12.0. The molecule has 0 aromatic rings. The second kappa shape index (κ2) is 17.2. The molecule has 0 radical (unpaired) electrons. The topological polar surface area (TPSA) is 0 Å². The zero-order chi connectivity index (χ0) is 22.9. The molecule has 0 bridgehead atoms. The molecule has 2 unspecified atom stereocenters. The molecule has 0 rings (SSSR count). The van der Waals surface area contributed by atoms with Gasteiger partial charge in [0.15, 0.2) is 0 Å². The normalized spacial score (nSPS) is 14.9. The van der Waals surface area contributed by atoms with Crippen LogP contribution in [0.25, 0.3) is 0 Å². The molecule has 170 valence electrons. The summed E-state index contributed by atoms with van der Waals surface area (Å²) >= 11 is 0. The van der Waals surface area contributed by atoms with Crippen LogP contribution in [0.15, 0.2) is 70.9 Å². The SMILES string of the molecule is C=CC(C)CC=C(C/C=C(\C)CC/C=C(\C)CCC=C(C)C)C(C)CCC=C(C)C. The van der Waals surface area contributed by atoms with E-state index in [0.717, 1.165) is 19.3 Å². The maximum Gasteiger partial charge on any atom is -0.0134 e. The Kier molecular flexibility index (Phi) is 16.3. The molecule has 0 fully saturated rings. The highest BCUT2D eigenvalue weighted by Gasteiger charge is 2.08. The third kappa shape index (κ3) is 16.3. The molecule has 0 saturated heterocycles. The molecule has 0 spiro atoms. The second-order valence-electron chi connectivity index (χ2n) is 9.65. The van der Waals surface area contributed by atoms with Gasteiger partial charge in [-0.25, -0.2) is 0 Å². The second-order valence-corrected chi connectivity index (χ2v) is 9.65. The van der Waals surface area contributed by atoms with Gasteiger partial charge in [-0.05, 0) is 105 Å². The van der Waals surface area contributed by atoms with Crippen LogP contribution in [0.2, 0.25) is 0 Å². The summed E-state index contributed by atoms with van der Waals surface area (Å²) in [6.45, 7) is 21.9. The van der Waals surface area contributed by atoms with Crippen LogP contribution >= 0.6 is 0 Å². The molecule has 0 aromatic carbocycles. The standard InChI is InChI=1S/C30H50/c1-10-26(6)20-22-30(29(9)19-12-15-25(4)5)23-21-28(8)18-13-17-27(7)16-11-14-24(2)3/h10,14-15,17,21-22,26,29H,1,11-13,16,18-20,23H2,2-9H3/b27-17+,28-21+,30-22?. The van der Waals surface area contributed by atoms with Gasteiger partial charge in [0, 0.05) is 0 Å². The van der Waals surface area contributed by atoms with Gasteiger partial charge in [-0.15, -0.1) is 6.58 Å². The van der Waals surface area contributed by atoms with E-state index in [1.807, 2.05) is 0 Å². The minimum atomic E-state index is 0.550. The summed E-state index contributed by atoms with van der Waals surface area (Å²) in [6.07, 6.45) is 23.4. The fraction of sp³-hybridized carbons (Fsp3) is 0.600. The molecule has 0 aliphatic rings. The Bertz CT molecular complexity index is 625. The predicted octanol–water partition coefficient (Wildman–Crippen LogP) is 10.3. The average molecular weight is 411 g/mol. The van der Waals surface area contributed by atoms with Gasteiger partial charge in [0.1, 0.15) is 0 Å². The lowest BCUT2D eigenvalue weighted by molar-refractivity contribution is 0.600. The van der Waals surface area contributed by atoms with Crippen LogP contribution in [0.5, 0.6) is 0 Å². The Labute approximate surface area is 189 Å². The number of hydrogen-bond acceptors (Lipinski definition) is 0. The first kappa shape index (κ1) is 28.4. The molecular formula is C30H50. The van der Waals surface area contributed by atoms with E-state index in [1.54, 1.807) is 5.57 Å². The predicted molar refractivity (Wildman–Crippen MR) is 140 cm³/mol.